The van der Waals surface area contributed by atoms with Crippen LogP contribution in [-0.4, -0.2) is 0 Å². The molecule has 4 aromatic carbocycles. The summed E-state index contributed by atoms with van der Waals surface area (Å²) in [6, 6.07) is 38.5. The van der Waals surface area contributed by atoms with Gasteiger partial charge in [-0.25, -0.2) is 0 Å². The van der Waals surface area contributed by atoms with Crippen LogP contribution in [0.15, 0.2) is 109 Å². The summed E-state index contributed by atoms with van der Waals surface area (Å²) >= 11 is 0. The van der Waals surface area contributed by atoms with Gasteiger partial charge in [-0.05, 0) is 39.4 Å². The molecule has 0 atom stereocenters. The fraction of sp³-hybridized carbons (Fsp3) is 0.143. The molecule has 0 aliphatic heterocycles. The summed E-state index contributed by atoms with van der Waals surface area (Å²) in [7, 11) is 0. The molecule has 0 bridgehead atoms. The Morgan fingerprint density at radius 1 is 0.321 bits per heavy atom. The van der Waals surface area contributed by atoms with Gasteiger partial charge in [-0.1, -0.05) is 132 Å². The minimum atomic E-state index is 0. The number of benzene rings is 4. The van der Waals surface area contributed by atoms with Gasteiger partial charge in [-0.3, -0.25) is 0 Å². The Balaban J connectivity index is 0.000000950. The molecule has 0 heterocycles. The van der Waals surface area contributed by atoms with Crippen molar-refractivity contribution in [1.29, 1.82) is 0 Å². The van der Waals surface area contributed by atoms with Gasteiger partial charge in [0.2, 0.25) is 0 Å². The van der Waals surface area contributed by atoms with Crippen molar-refractivity contribution in [2.75, 3.05) is 0 Å². The molecule has 0 aliphatic rings. The van der Waals surface area contributed by atoms with E-state index >= 15 is 0 Å². The number of hydrogen-bond acceptors (Lipinski definition) is 0. The van der Waals surface area contributed by atoms with Crippen LogP contribution in [0.2, 0.25) is 0 Å². The van der Waals surface area contributed by atoms with Crippen LogP contribution in [0, 0.1) is 0 Å². The molecular weight excluding hydrogens is 336 g/mol. The first-order chi connectivity index (χ1) is 12.9. The molecule has 0 saturated heterocycles. The van der Waals surface area contributed by atoms with Gasteiger partial charge >= 0.3 is 0 Å². The quantitative estimate of drug-likeness (QED) is 0.338. The van der Waals surface area contributed by atoms with Gasteiger partial charge < -0.3 is 0 Å². The predicted molar refractivity (Wildman–Crippen MR) is 128 cm³/mol. The maximum absolute atomic E-state index is 2.26. The summed E-state index contributed by atoms with van der Waals surface area (Å²) < 4.78 is 0. The molecule has 4 rings (SSSR count). The van der Waals surface area contributed by atoms with Crippen LogP contribution in [0.1, 0.15) is 28.7 Å². The highest BCUT2D eigenvalue weighted by Gasteiger charge is 2.02. The van der Waals surface area contributed by atoms with E-state index in [-0.39, 0.29) is 14.9 Å². The SMILES string of the molecule is C.C.CC.c1ccc(-c2ccc(-c3cccc(-c4ccccc4)c3)cc2)cc1. The van der Waals surface area contributed by atoms with Crippen molar-refractivity contribution in [3.8, 4) is 33.4 Å². The van der Waals surface area contributed by atoms with Crippen molar-refractivity contribution in [2.24, 2.45) is 0 Å². The van der Waals surface area contributed by atoms with E-state index in [1.54, 1.807) is 0 Å². The van der Waals surface area contributed by atoms with Crippen LogP contribution < -0.4 is 0 Å². The maximum atomic E-state index is 2.26. The van der Waals surface area contributed by atoms with Crippen molar-refractivity contribution in [3.63, 3.8) is 0 Å². The van der Waals surface area contributed by atoms with Gasteiger partial charge in [0.05, 0.1) is 0 Å². The molecule has 0 saturated carbocycles. The van der Waals surface area contributed by atoms with E-state index in [0.717, 1.165) is 0 Å². The first-order valence-corrected chi connectivity index (χ1v) is 9.21. The van der Waals surface area contributed by atoms with Crippen LogP contribution in [0.5, 0.6) is 0 Å². The smallest absolute Gasteiger partial charge is 0.0178 e. The van der Waals surface area contributed by atoms with E-state index in [2.05, 4.69) is 103 Å². The number of hydrogen-bond donors (Lipinski definition) is 0. The second-order valence-electron chi connectivity index (χ2n) is 5.89. The van der Waals surface area contributed by atoms with E-state index in [1.807, 2.05) is 19.9 Å². The van der Waals surface area contributed by atoms with E-state index < -0.39 is 0 Å². The summed E-state index contributed by atoms with van der Waals surface area (Å²) in [6.45, 7) is 4.00. The third kappa shape index (κ3) is 5.44. The lowest BCUT2D eigenvalue weighted by Crippen LogP contribution is -1.82. The van der Waals surface area contributed by atoms with E-state index in [1.165, 1.54) is 33.4 Å². The molecule has 0 unspecified atom stereocenters. The Bertz CT molecular complexity index is 920. The normalized spacial score (nSPS) is 9.21. The molecule has 0 amide bonds. The molecule has 0 radical (unpaired) electrons. The topological polar surface area (TPSA) is 0 Å². The number of rotatable bonds is 3. The minimum absolute atomic E-state index is 0. The summed E-state index contributed by atoms with van der Waals surface area (Å²) in [5.74, 6) is 0. The van der Waals surface area contributed by atoms with Crippen LogP contribution in [0.25, 0.3) is 33.4 Å². The van der Waals surface area contributed by atoms with E-state index in [4.69, 9.17) is 0 Å². The van der Waals surface area contributed by atoms with Crippen LogP contribution in [0.4, 0.5) is 0 Å². The van der Waals surface area contributed by atoms with Crippen molar-refractivity contribution >= 4 is 0 Å². The molecule has 0 aliphatic carbocycles. The second-order valence-corrected chi connectivity index (χ2v) is 5.89. The molecule has 0 aromatic heterocycles. The average molecular weight is 369 g/mol. The largest absolute Gasteiger partial charge is 0.0776 e. The van der Waals surface area contributed by atoms with Crippen molar-refractivity contribution in [1.82, 2.24) is 0 Å². The zero-order valence-electron chi connectivity index (χ0n) is 15.4. The molecular formula is C28H32. The molecule has 0 fully saturated rings. The Labute approximate surface area is 171 Å². The Morgan fingerprint density at radius 2 is 0.607 bits per heavy atom. The molecule has 0 spiro atoms. The van der Waals surface area contributed by atoms with Gasteiger partial charge in [0.1, 0.15) is 0 Å². The third-order valence-electron chi connectivity index (χ3n) is 4.30. The van der Waals surface area contributed by atoms with Crippen LogP contribution >= 0.6 is 0 Å². The monoisotopic (exact) mass is 368 g/mol. The Morgan fingerprint density at radius 3 is 1.04 bits per heavy atom. The Kier molecular flexibility index (Phi) is 9.47. The molecule has 144 valence electrons. The molecule has 0 nitrogen and oxygen atoms in total. The fourth-order valence-electron chi connectivity index (χ4n) is 2.99. The summed E-state index contributed by atoms with van der Waals surface area (Å²) in [5, 5.41) is 0. The van der Waals surface area contributed by atoms with Gasteiger partial charge in [-0.2, -0.15) is 0 Å². The highest BCUT2D eigenvalue weighted by Crippen LogP contribution is 2.28. The van der Waals surface area contributed by atoms with Crippen molar-refractivity contribution in [2.45, 2.75) is 28.7 Å². The molecule has 28 heavy (non-hydrogen) atoms. The molecule has 4 aromatic rings. The van der Waals surface area contributed by atoms with Gasteiger partial charge in [0.25, 0.3) is 0 Å². The second kappa shape index (κ2) is 11.6. The zero-order chi connectivity index (χ0) is 18.2. The van der Waals surface area contributed by atoms with Crippen molar-refractivity contribution in [3.05, 3.63) is 109 Å². The Hall–Kier alpha value is -3.12. The van der Waals surface area contributed by atoms with Gasteiger partial charge in [0, 0.05) is 0 Å². The summed E-state index contributed by atoms with van der Waals surface area (Å²) in [5.41, 5.74) is 7.49. The lowest BCUT2D eigenvalue weighted by Gasteiger charge is -2.07. The third-order valence-corrected chi connectivity index (χ3v) is 4.30. The summed E-state index contributed by atoms with van der Waals surface area (Å²) in [4.78, 5) is 0. The summed E-state index contributed by atoms with van der Waals surface area (Å²) in [6.07, 6.45) is 0. The van der Waals surface area contributed by atoms with Crippen LogP contribution in [-0.2, 0) is 0 Å². The zero-order valence-corrected chi connectivity index (χ0v) is 15.4. The van der Waals surface area contributed by atoms with Gasteiger partial charge in [-0.15, -0.1) is 0 Å². The minimum Gasteiger partial charge on any atom is -0.0776 e. The highest BCUT2D eigenvalue weighted by atomic mass is 14.1. The average Bonchev–Trinajstić information content (AvgIpc) is 2.77. The predicted octanol–water partition coefficient (Wildman–Crippen LogP) is 8.99. The fourth-order valence-corrected chi connectivity index (χ4v) is 2.99. The molecule has 0 N–H and O–H groups in total. The van der Waals surface area contributed by atoms with E-state index in [9.17, 15) is 0 Å². The molecule has 0 heteroatoms. The van der Waals surface area contributed by atoms with Crippen molar-refractivity contribution < 1.29 is 0 Å². The van der Waals surface area contributed by atoms with E-state index in [0.29, 0.717) is 0 Å². The highest BCUT2D eigenvalue weighted by molar-refractivity contribution is 5.75. The lowest BCUT2D eigenvalue weighted by molar-refractivity contribution is 1.50. The first-order valence-electron chi connectivity index (χ1n) is 9.21. The standard InChI is InChI=1S/C24H18.C2H6.2CH4/c1-3-8-19(9-4-1)21-14-16-22(17-15-21)24-13-7-12-23(18-24)20-10-5-2-6-11-20;1-2;;/h1-18H;1-2H3;2*1H4. The van der Waals surface area contributed by atoms with Crippen LogP contribution in [0.3, 0.4) is 0 Å². The first kappa shape index (κ1) is 22.9. The lowest BCUT2D eigenvalue weighted by atomic mass is 9.97. The maximum Gasteiger partial charge on any atom is -0.0178 e. The van der Waals surface area contributed by atoms with Gasteiger partial charge in [0.15, 0.2) is 0 Å².